The van der Waals surface area contributed by atoms with Gasteiger partial charge in [-0.2, -0.15) is 0 Å². The molecule has 0 saturated heterocycles. The van der Waals surface area contributed by atoms with Gasteiger partial charge in [-0.25, -0.2) is 9.97 Å². The first-order chi connectivity index (χ1) is 31.5. The molecule has 12 rings (SSSR count). The van der Waals surface area contributed by atoms with Gasteiger partial charge in [0.15, 0.2) is 11.6 Å². The Morgan fingerprint density at radius 3 is 1.36 bits per heavy atom. The highest BCUT2D eigenvalue weighted by Crippen LogP contribution is 2.46. The first-order valence-electron chi connectivity index (χ1n) is 21.5. The van der Waals surface area contributed by atoms with Crippen molar-refractivity contribution in [2.45, 2.75) is 6.04 Å². The summed E-state index contributed by atoms with van der Waals surface area (Å²) in [4.78, 5) is 50.0. The van der Waals surface area contributed by atoms with E-state index in [1.165, 1.54) is 0 Å². The molecule has 7 heteroatoms. The van der Waals surface area contributed by atoms with Gasteiger partial charge in [0.2, 0.25) is 0 Å². The molecule has 0 saturated carbocycles. The van der Waals surface area contributed by atoms with Crippen LogP contribution < -0.4 is 0 Å². The van der Waals surface area contributed by atoms with E-state index in [9.17, 15) is 9.59 Å². The van der Waals surface area contributed by atoms with E-state index in [0.29, 0.717) is 28.8 Å². The maximum absolute atomic E-state index is 14.8. The van der Waals surface area contributed by atoms with Crippen molar-refractivity contribution in [3.05, 3.63) is 215 Å². The highest BCUT2D eigenvalue weighted by Gasteiger charge is 2.45. The third kappa shape index (κ3) is 6.01. The number of nitrogens with zero attached hydrogens (tertiary/aromatic N) is 3. The van der Waals surface area contributed by atoms with Crippen LogP contribution in [0.4, 0.5) is 0 Å². The van der Waals surface area contributed by atoms with E-state index in [1.54, 1.807) is 12.1 Å². The first kappa shape index (κ1) is 37.5. The van der Waals surface area contributed by atoms with Crippen molar-refractivity contribution in [2.75, 3.05) is 13.6 Å². The predicted molar refractivity (Wildman–Crippen MR) is 258 cm³/mol. The Morgan fingerprint density at radius 2 is 0.875 bits per heavy atom. The number of fused-ring (bicyclic) bond motifs is 9. The maximum atomic E-state index is 14.8. The lowest BCUT2D eigenvalue weighted by Crippen LogP contribution is -2.31. The van der Waals surface area contributed by atoms with E-state index < -0.39 is 6.04 Å². The van der Waals surface area contributed by atoms with Gasteiger partial charge in [-0.1, -0.05) is 146 Å². The lowest BCUT2D eigenvalue weighted by molar-refractivity contribution is 0.0975. The lowest BCUT2D eigenvalue weighted by atomic mass is 9.80. The number of carbonyl (C=O) groups excluding carboxylic acids is 2. The molecule has 64 heavy (non-hydrogen) atoms. The standard InChI is InChI=1S/C57H39N5O2/c1-62-33-41-53(57(64)39-25-15-14-24-38(39)56(41)63)55(62)40-32-48-51(36-20-10-4-11-21-36)46-29-28-44(59-46)49(34-16-6-2-7-17-34)42-26-27-43(58-42)50(35-18-8-3-9-19-35)45-30-31-47(60-45)52(54(40)61-48)37-22-12-5-13-23-37/h2-32,55,59-60H,33H2,1H3/t55-/m0/s1. The van der Waals surface area contributed by atoms with Crippen LogP contribution in [0.1, 0.15) is 43.5 Å². The van der Waals surface area contributed by atoms with Gasteiger partial charge in [-0.05, 0) is 71.8 Å². The largest absolute Gasteiger partial charge is 0.354 e. The van der Waals surface area contributed by atoms with Crippen LogP contribution in [0.2, 0.25) is 0 Å². The third-order valence-corrected chi connectivity index (χ3v) is 12.8. The minimum atomic E-state index is -0.557. The van der Waals surface area contributed by atoms with E-state index >= 15 is 0 Å². The summed E-state index contributed by atoms with van der Waals surface area (Å²) in [5.74, 6) is -0.217. The molecule has 0 fully saturated rings. The van der Waals surface area contributed by atoms with Gasteiger partial charge in [0.1, 0.15) is 0 Å². The number of hydrogen-bond donors (Lipinski definition) is 2. The highest BCUT2D eigenvalue weighted by molar-refractivity contribution is 6.29. The molecule has 3 aliphatic heterocycles. The third-order valence-electron chi connectivity index (χ3n) is 12.8. The SMILES string of the molecule is CN1CC2=C(C(=O)c3ccccc3C2=O)[C@@H]1C1=Cc2nc1c(-c1ccccc1)c1ccc([nH]1)c(-c1ccccc1)c1nc(c(-c3ccccc3)c3ccc([nH]3)c2-c2ccccc2)C=C1. The summed E-state index contributed by atoms with van der Waals surface area (Å²) in [5.41, 5.74) is 17.2. The number of carbonyl (C=O) groups is 2. The van der Waals surface area contributed by atoms with E-state index in [1.807, 2.05) is 67.7 Å². The fraction of sp³-hybridized carbons (Fsp3) is 0.0526. The van der Waals surface area contributed by atoms with Crippen molar-refractivity contribution in [3.63, 3.8) is 0 Å². The van der Waals surface area contributed by atoms with Crippen molar-refractivity contribution in [1.29, 1.82) is 0 Å². The molecule has 7 nitrogen and oxygen atoms in total. The Balaban J connectivity index is 1.25. The molecule has 0 unspecified atom stereocenters. The molecule has 8 bridgehead atoms. The zero-order valence-corrected chi connectivity index (χ0v) is 34.8. The summed E-state index contributed by atoms with van der Waals surface area (Å²) >= 11 is 0. The van der Waals surface area contributed by atoms with Crippen LogP contribution in [0.5, 0.6) is 0 Å². The van der Waals surface area contributed by atoms with Crippen LogP contribution in [0.15, 0.2) is 181 Å². The second kappa shape index (κ2) is 15.0. The number of rotatable bonds is 5. The van der Waals surface area contributed by atoms with E-state index in [0.717, 1.165) is 94.9 Å². The molecule has 0 amide bonds. The van der Waals surface area contributed by atoms with Crippen LogP contribution in [-0.2, 0) is 0 Å². The number of Topliss-reactive ketones (excluding diaryl/α,β-unsaturated/α-hetero) is 2. The van der Waals surface area contributed by atoms with Gasteiger partial charge in [0.05, 0.1) is 28.8 Å². The van der Waals surface area contributed by atoms with Crippen molar-refractivity contribution < 1.29 is 9.59 Å². The van der Waals surface area contributed by atoms with Gasteiger partial charge in [0, 0.05) is 78.7 Å². The monoisotopic (exact) mass is 825 g/mol. The molecule has 1 atom stereocenters. The molecule has 6 heterocycles. The van der Waals surface area contributed by atoms with Crippen LogP contribution in [0.3, 0.4) is 0 Å². The van der Waals surface area contributed by atoms with Gasteiger partial charge >= 0.3 is 0 Å². The van der Waals surface area contributed by atoms with Crippen molar-refractivity contribution >= 4 is 57.4 Å². The number of benzene rings is 5. The lowest BCUT2D eigenvalue weighted by Gasteiger charge is -2.25. The fourth-order valence-corrected chi connectivity index (χ4v) is 9.99. The maximum Gasteiger partial charge on any atom is 0.192 e. The van der Waals surface area contributed by atoms with Gasteiger partial charge in [-0.3, -0.25) is 14.5 Å². The van der Waals surface area contributed by atoms with Crippen LogP contribution in [-0.4, -0.2) is 56.0 Å². The Morgan fingerprint density at radius 1 is 0.469 bits per heavy atom. The smallest absolute Gasteiger partial charge is 0.192 e. The Labute approximate surface area is 369 Å². The van der Waals surface area contributed by atoms with Crippen LogP contribution >= 0.6 is 0 Å². The molecule has 0 spiro atoms. The molecule has 8 aromatic rings. The van der Waals surface area contributed by atoms with E-state index in [4.69, 9.17) is 9.97 Å². The average Bonchev–Trinajstić information content (AvgIpc) is 4.21. The molecule has 0 radical (unpaired) electrons. The molecular formula is C57H39N5O2. The van der Waals surface area contributed by atoms with Gasteiger partial charge in [0.25, 0.3) is 0 Å². The molecule has 2 N–H and O–H groups in total. The Bertz CT molecular complexity index is 3510. The number of likely N-dealkylation sites (N-methyl/N-ethyl adjacent to an activating group) is 1. The molecule has 4 aliphatic rings. The van der Waals surface area contributed by atoms with Crippen LogP contribution in [0.25, 0.3) is 90.4 Å². The van der Waals surface area contributed by atoms with Crippen molar-refractivity contribution in [1.82, 2.24) is 24.8 Å². The zero-order valence-electron chi connectivity index (χ0n) is 34.8. The number of nitrogens with one attached hydrogen (secondary N) is 2. The minimum absolute atomic E-state index is 0.0957. The molecule has 5 aromatic carbocycles. The van der Waals surface area contributed by atoms with E-state index in [-0.39, 0.29) is 11.6 Å². The molecular weight excluding hydrogens is 787 g/mol. The predicted octanol–water partition coefficient (Wildman–Crippen LogP) is 12.4. The molecule has 3 aromatic heterocycles. The number of aromatic nitrogens is 4. The summed E-state index contributed by atoms with van der Waals surface area (Å²) < 4.78 is 0. The summed E-state index contributed by atoms with van der Waals surface area (Å²) in [6.45, 7) is 0.337. The van der Waals surface area contributed by atoms with Crippen LogP contribution in [0, 0.1) is 0 Å². The molecule has 1 aliphatic carbocycles. The Hall–Kier alpha value is -8.26. The average molecular weight is 826 g/mol. The number of H-pyrrole nitrogens is 2. The normalized spacial score (nSPS) is 15.6. The summed E-state index contributed by atoms with van der Waals surface area (Å²) in [7, 11) is 2.00. The summed E-state index contributed by atoms with van der Waals surface area (Å²) in [6, 6.07) is 56.5. The topological polar surface area (TPSA) is 94.7 Å². The second-order valence-electron chi connectivity index (χ2n) is 16.6. The summed E-state index contributed by atoms with van der Waals surface area (Å²) in [5, 5.41) is 0. The fourth-order valence-electron chi connectivity index (χ4n) is 9.99. The number of ketones is 2. The quantitative estimate of drug-likeness (QED) is 0.180. The number of aromatic amines is 2. The van der Waals surface area contributed by atoms with Crippen molar-refractivity contribution in [2.24, 2.45) is 0 Å². The minimum Gasteiger partial charge on any atom is -0.354 e. The first-order valence-corrected chi connectivity index (χ1v) is 21.5. The van der Waals surface area contributed by atoms with Crippen molar-refractivity contribution in [3.8, 4) is 44.5 Å². The van der Waals surface area contributed by atoms with Gasteiger partial charge in [-0.15, -0.1) is 0 Å². The second-order valence-corrected chi connectivity index (χ2v) is 16.6. The zero-order chi connectivity index (χ0) is 42.9. The summed E-state index contributed by atoms with van der Waals surface area (Å²) in [6.07, 6.45) is 6.36. The highest BCUT2D eigenvalue weighted by atomic mass is 16.1. The molecule has 304 valence electrons. The van der Waals surface area contributed by atoms with Gasteiger partial charge < -0.3 is 9.97 Å². The Kier molecular flexibility index (Phi) is 8.77. The van der Waals surface area contributed by atoms with E-state index in [2.05, 4.69) is 130 Å². The number of hydrogen-bond acceptors (Lipinski definition) is 5.